The number of rotatable bonds is 3. The van der Waals surface area contributed by atoms with Crippen molar-refractivity contribution in [3.05, 3.63) is 24.2 Å². The normalized spacial score (nSPS) is 9.62. The second kappa shape index (κ2) is 3.22. The van der Waals surface area contributed by atoms with Gasteiger partial charge in [-0.2, -0.15) is 0 Å². The summed E-state index contributed by atoms with van der Waals surface area (Å²) in [7, 11) is 1.68. The fourth-order valence-electron chi connectivity index (χ4n) is 0.937. The van der Waals surface area contributed by atoms with Gasteiger partial charge in [-0.15, -0.1) is 0 Å². The highest BCUT2D eigenvalue weighted by Gasteiger charge is 2.14. The molecule has 0 aliphatic heterocycles. The van der Waals surface area contributed by atoms with Gasteiger partial charge in [0.25, 0.3) is 5.91 Å². The molecule has 0 saturated carbocycles. The van der Waals surface area contributed by atoms with Crippen molar-refractivity contribution < 1.29 is 9.21 Å². The van der Waals surface area contributed by atoms with Gasteiger partial charge in [0.05, 0.1) is 11.4 Å². The molecule has 0 atom stereocenters. The lowest BCUT2D eigenvalue weighted by molar-refractivity contribution is 0.0973. The van der Waals surface area contributed by atoms with Crippen LogP contribution in [-0.2, 0) is 0 Å². The Labute approximate surface area is 75.4 Å². The molecule has 0 aromatic carbocycles. The van der Waals surface area contributed by atoms with Crippen molar-refractivity contribution in [2.75, 3.05) is 12.4 Å². The molecule has 1 rings (SSSR count). The fourth-order valence-corrected chi connectivity index (χ4v) is 0.937. The van der Waals surface area contributed by atoms with E-state index in [2.05, 4.69) is 11.9 Å². The summed E-state index contributed by atoms with van der Waals surface area (Å²) in [5.41, 5.74) is 11.3. The van der Waals surface area contributed by atoms with Gasteiger partial charge in [0.2, 0.25) is 0 Å². The molecule has 1 amide bonds. The summed E-state index contributed by atoms with van der Waals surface area (Å²) in [5, 5.41) is 2.81. The number of nitrogens with two attached hydrogens (primary N) is 2. The van der Waals surface area contributed by atoms with E-state index in [0.717, 1.165) is 0 Å². The van der Waals surface area contributed by atoms with Gasteiger partial charge >= 0.3 is 0 Å². The molecule has 5 nitrogen and oxygen atoms in total. The molecule has 0 radical (unpaired) electrons. The number of amides is 1. The molecular weight excluding hydrogens is 170 g/mol. The topological polar surface area (TPSA) is 94.3 Å². The molecule has 1 aromatic heterocycles. The van der Waals surface area contributed by atoms with Crippen molar-refractivity contribution in [1.29, 1.82) is 0 Å². The van der Waals surface area contributed by atoms with E-state index in [4.69, 9.17) is 15.9 Å². The van der Waals surface area contributed by atoms with E-state index in [1.54, 1.807) is 7.05 Å². The highest BCUT2D eigenvalue weighted by Crippen LogP contribution is 2.23. The molecule has 0 bridgehead atoms. The van der Waals surface area contributed by atoms with Crippen molar-refractivity contribution in [2.45, 2.75) is 0 Å². The maximum Gasteiger partial charge on any atom is 0.284 e. The zero-order valence-corrected chi connectivity index (χ0v) is 7.26. The van der Waals surface area contributed by atoms with Crippen molar-refractivity contribution in [3.63, 3.8) is 0 Å². The minimum Gasteiger partial charge on any atom is -0.447 e. The zero-order chi connectivity index (χ0) is 10.0. The summed E-state index contributed by atoms with van der Waals surface area (Å²) >= 11 is 0. The minimum absolute atomic E-state index is 0.0611. The number of anilines is 1. The average molecular weight is 181 g/mol. The Kier molecular flexibility index (Phi) is 2.27. The molecular formula is C8H11N3O2. The second-order valence-corrected chi connectivity index (χ2v) is 2.49. The number of nitrogens with one attached hydrogen (secondary N) is 1. The predicted octanol–water partition coefficient (Wildman–Crippen LogP) is 0.350. The van der Waals surface area contributed by atoms with Crippen LogP contribution in [0, 0.1) is 0 Å². The van der Waals surface area contributed by atoms with E-state index >= 15 is 0 Å². The second-order valence-electron chi connectivity index (χ2n) is 2.49. The third-order valence-corrected chi connectivity index (χ3v) is 1.54. The molecule has 0 fully saturated rings. The van der Waals surface area contributed by atoms with E-state index < -0.39 is 5.91 Å². The summed E-state index contributed by atoms with van der Waals surface area (Å²) in [6, 6.07) is 1.48. The third-order valence-electron chi connectivity index (χ3n) is 1.54. The lowest BCUT2D eigenvalue weighted by Gasteiger charge is -1.98. The van der Waals surface area contributed by atoms with Crippen LogP contribution in [0.2, 0.25) is 0 Å². The van der Waals surface area contributed by atoms with Gasteiger partial charge < -0.3 is 21.2 Å². The largest absolute Gasteiger partial charge is 0.447 e. The van der Waals surface area contributed by atoms with E-state index in [-0.39, 0.29) is 11.5 Å². The number of hydrogen-bond acceptors (Lipinski definition) is 4. The molecule has 5 N–H and O–H groups in total. The summed E-state index contributed by atoms with van der Waals surface area (Å²) in [6.07, 6.45) is 0. The molecule has 13 heavy (non-hydrogen) atoms. The fraction of sp³-hybridized carbons (Fsp3) is 0.125. The minimum atomic E-state index is -0.635. The molecule has 5 heteroatoms. The Balaban J connectivity index is 3.19. The zero-order valence-electron chi connectivity index (χ0n) is 7.26. The first-order valence-corrected chi connectivity index (χ1v) is 3.62. The van der Waals surface area contributed by atoms with Crippen LogP contribution in [0.3, 0.4) is 0 Å². The Bertz CT molecular complexity index is 354. The Morgan fingerprint density at radius 2 is 2.23 bits per heavy atom. The van der Waals surface area contributed by atoms with Crippen molar-refractivity contribution in [1.82, 2.24) is 0 Å². The standard InChI is InChI=1S/C8H11N3O2/c1-4(9)7-5(11-2)3-6(13-7)8(10)12/h3,11H,1,9H2,2H3,(H2,10,12). The number of carbonyl (C=O) groups is 1. The average Bonchev–Trinajstić information content (AvgIpc) is 2.47. The molecule has 1 aromatic rings. The highest BCUT2D eigenvalue weighted by atomic mass is 16.4. The van der Waals surface area contributed by atoms with E-state index in [9.17, 15) is 4.79 Å². The van der Waals surface area contributed by atoms with Gasteiger partial charge in [-0.3, -0.25) is 4.79 Å². The van der Waals surface area contributed by atoms with Gasteiger partial charge in [0.1, 0.15) is 0 Å². The summed E-state index contributed by atoms with van der Waals surface area (Å²) in [6.45, 7) is 3.50. The highest BCUT2D eigenvalue weighted by molar-refractivity contribution is 5.92. The van der Waals surface area contributed by atoms with Crippen molar-refractivity contribution in [3.8, 4) is 0 Å². The van der Waals surface area contributed by atoms with Crippen LogP contribution in [-0.4, -0.2) is 13.0 Å². The molecule has 0 spiro atoms. The first-order valence-electron chi connectivity index (χ1n) is 3.62. The van der Waals surface area contributed by atoms with Gasteiger partial charge in [0, 0.05) is 13.1 Å². The van der Waals surface area contributed by atoms with Crippen LogP contribution in [0.15, 0.2) is 17.1 Å². The predicted molar refractivity (Wildman–Crippen MR) is 50.0 cm³/mol. The smallest absolute Gasteiger partial charge is 0.284 e. The Hall–Kier alpha value is -1.91. The molecule has 0 aliphatic carbocycles. The van der Waals surface area contributed by atoms with Gasteiger partial charge in [-0.1, -0.05) is 6.58 Å². The lowest BCUT2D eigenvalue weighted by atomic mass is 10.3. The first-order chi connectivity index (χ1) is 6.06. The number of primary amides is 1. The molecule has 1 heterocycles. The monoisotopic (exact) mass is 181 g/mol. The maximum atomic E-state index is 10.7. The summed E-state index contributed by atoms with van der Waals surface area (Å²) in [5.74, 6) is -0.230. The molecule has 0 aliphatic rings. The molecule has 0 saturated heterocycles. The van der Waals surface area contributed by atoms with Gasteiger partial charge in [-0.25, -0.2) is 0 Å². The van der Waals surface area contributed by atoms with Crippen LogP contribution in [0.4, 0.5) is 5.69 Å². The Morgan fingerprint density at radius 1 is 1.62 bits per heavy atom. The van der Waals surface area contributed by atoms with E-state index in [1.165, 1.54) is 6.07 Å². The molecule has 0 unspecified atom stereocenters. The quantitative estimate of drug-likeness (QED) is 0.627. The van der Waals surface area contributed by atoms with E-state index in [1.807, 2.05) is 0 Å². The summed E-state index contributed by atoms with van der Waals surface area (Å²) < 4.78 is 5.07. The van der Waals surface area contributed by atoms with Crippen LogP contribution in [0.25, 0.3) is 5.70 Å². The molecule has 70 valence electrons. The van der Waals surface area contributed by atoms with Gasteiger partial charge in [-0.05, 0) is 0 Å². The van der Waals surface area contributed by atoms with Crippen LogP contribution < -0.4 is 16.8 Å². The van der Waals surface area contributed by atoms with Crippen molar-refractivity contribution in [2.24, 2.45) is 11.5 Å². The number of furan rings is 1. The maximum absolute atomic E-state index is 10.7. The number of hydrogen-bond donors (Lipinski definition) is 3. The SMILES string of the molecule is C=C(N)c1oc(C(N)=O)cc1NC. The first kappa shape index (κ1) is 9.18. The van der Waals surface area contributed by atoms with Crippen LogP contribution >= 0.6 is 0 Å². The van der Waals surface area contributed by atoms with Crippen LogP contribution in [0.5, 0.6) is 0 Å². The van der Waals surface area contributed by atoms with Crippen LogP contribution in [0.1, 0.15) is 16.3 Å². The lowest BCUT2D eigenvalue weighted by Crippen LogP contribution is -2.09. The summed E-state index contributed by atoms with van der Waals surface area (Å²) in [4.78, 5) is 10.7. The number of carbonyl (C=O) groups excluding carboxylic acids is 1. The third kappa shape index (κ3) is 1.64. The van der Waals surface area contributed by atoms with Gasteiger partial charge in [0.15, 0.2) is 11.5 Å². The van der Waals surface area contributed by atoms with E-state index in [0.29, 0.717) is 11.4 Å². The van der Waals surface area contributed by atoms with Crippen molar-refractivity contribution >= 4 is 17.3 Å². The Morgan fingerprint density at radius 3 is 2.54 bits per heavy atom.